The zero-order chi connectivity index (χ0) is 22.8. The van der Waals surface area contributed by atoms with Crippen LogP contribution in [-0.2, 0) is 16.1 Å². The number of alkyl halides is 3. The van der Waals surface area contributed by atoms with Crippen molar-refractivity contribution in [2.75, 3.05) is 19.6 Å². The number of halogens is 3. The highest BCUT2D eigenvalue weighted by Crippen LogP contribution is 2.33. The third-order valence-electron chi connectivity index (χ3n) is 5.00. The van der Waals surface area contributed by atoms with Crippen LogP contribution in [-0.4, -0.2) is 68.5 Å². The number of carbonyl (C=O) groups is 3. The Morgan fingerprint density at radius 3 is 2.39 bits per heavy atom. The van der Waals surface area contributed by atoms with E-state index >= 15 is 0 Å². The first kappa shape index (κ1) is 22.7. The molecule has 0 saturated carbocycles. The third-order valence-corrected chi connectivity index (χ3v) is 5.82. The third kappa shape index (κ3) is 5.37. The molecule has 2 saturated heterocycles. The summed E-state index contributed by atoms with van der Waals surface area (Å²) in [6.45, 7) is 4.41. The molecule has 8 nitrogen and oxygen atoms in total. The summed E-state index contributed by atoms with van der Waals surface area (Å²) < 4.78 is 31.7. The maximum Gasteiger partial charge on any atom is 0.490 e. The molecule has 31 heavy (non-hydrogen) atoms. The number of pyridine rings is 1. The molecule has 12 heteroatoms. The Balaban J connectivity index is 0.000000339. The summed E-state index contributed by atoms with van der Waals surface area (Å²) in [6.07, 6.45) is -1.85. The van der Waals surface area contributed by atoms with Crippen molar-refractivity contribution >= 4 is 29.1 Å². The highest BCUT2D eigenvalue weighted by Gasteiger charge is 2.47. The number of aromatic nitrogens is 2. The molecular formula is C19H19F3N4O4S. The maximum absolute atomic E-state index is 12.7. The zero-order valence-corrected chi connectivity index (χ0v) is 17.2. The van der Waals surface area contributed by atoms with E-state index in [-0.39, 0.29) is 23.7 Å². The normalized spacial score (nSPS) is 20.3. The van der Waals surface area contributed by atoms with Gasteiger partial charge in [0.15, 0.2) is 0 Å². The molecule has 0 unspecified atom stereocenters. The molecule has 2 aromatic heterocycles. The molecule has 0 radical (unpaired) electrons. The van der Waals surface area contributed by atoms with E-state index in [9.17, 15) is 22.8 Å². The molecule has 2 aliphatic heterocycles. The first-order valence-electron chi connectivity index (χ1n) is 9.25. The number of thiazole rings is 1. The van der Waals surface area contributed by atoms with Gasteiger partial charge in [-0.25, -0.2) is 9.78 Å². The lowest BCUT2D eigenvalue weighted by Gasteiger charge is -2.21. The van der Waals surface area contributed by atoms with Crippen LogP contribution >= 0.6 is 11.3 Å². The van der Waals surface area contributed by atoms with E-state index in [1.54, 1.807) is 40.8 Å². The lowest BCUT2D eigenvalue weighted by molar-refractivity contribution is -0.192. The molecule has 4 rings (SSSR count). The van der Waals surface area contributed by atoms with E-state index in [1.165, 1.54) is 0 Å². The molecule has 2 fully saturated rings. The minimum absolute atomic E-state index is 0.0127. The summed E-state index contributed by atoms with van der Waals surface area (Å²) in [5.41, 5.74) is 1.59. The van der Waals surface area contributed by atoms with Gasteiger partial charge in [0.05, 0.1) is 23.2 Å². The average molecular weight is 456 g/mol. The molecule has 0 aromatic carbocycles. The SMILES string of the molecule is Cc1nc(CN2C[C@@H]3CN(C(=O)c4ccncc4)C[C@@H]3C2=O)cs1.O=C(O)C(F)(F)F. The lowest BCUT2D eigenvalue weighted by Crippen LogP contribution is -2.35. The molecular weight excluding hydrogens is 437 g/mol. The molecule has 166 valence electrons. The number of carboxylic acid groups (broad SMARTS) is 1. The van der Waals surface area contributed by atoms with Crippen LogP contribution in [0.4, 0.5) is 13.2 Å². The Bertz CT molecular complexity index is 967. The van der Waals surface area contributed by atoms with E-state index in [0.29, 0.717) is 31.7 Å². The van der Waals surface area contributed by atoms with Gasteiger partial charge < -0.3 is 14.9 Å². The largest absolute Gasteiger partial charge is 0.490 e. The monoisotopic (exact) mass is 456 g/mol. The predicted molar refractivity (Wildman–Crippen MR) is 103 cm³/mol. The summed E-state index contributed by atoms with van der Waals surface area (Å²) in [4.78, 5) is 46.1. The van der Waals surface area contributed by atoms with Crippen LogP contribution in [0.5, 0.6) is 0 Å². The van der Waals surface area contributed by atoms with Gasteiger partial charge in [-0.2, -0.15) is 13.2 Å². The Morgan fingerprint density at radius 1 is 1.23 bits per heavy atom. The highest BCUT2D eigenvalue weighted by molar-refractivity contribution is 7.09. The maximum atomic E-state index is 12.7. The Hall–Kier alpha value is -3.02. The van der Waals surface area contributed by atoms with Crippen molar-refractivity contribution in [3.05, 3.63) is 46.2 Å². The van der Waals surface area contributed by atoms with Crippen LogP contribution in [0.2, 0.25) is 0 Å². The van der Waals surface area contributed by atoms with Crippen LogP contribution in [0.15, 0.2) is 29.9 Å². The summed E-state index contributed by atoms with van der Waals surface area (Å²) >= 11 is 1.61. The minimum atomic E-state index is -5.08. The number of likely N-dealkylation sites (tertiary alicyclic amines) is 2. The van der Waals surface area contributed by atoms with Crippen molar-refractivity contribution in [1.29, 1.82) is 0 Å². The van der Waals surface area contributed by atoms with Crippen molar-refractivity contribution in [1.82, 2.24) is 19.8 Å². The van der Waals surface area contributed by atoms with E-state index < -0.39 is 12.1 Å². The van der Waals surface area contributed by atoms with Crippen molar-refractivity contribution in [2.45, 2.75) is 19.6 Å². The van der Waals surface area contributed by atoms with Gasteiger partial charge in [0.1, 0.15) is 0 Å². The van der Waals surface area contributed by atoms with Crippen molar-refractivity contribution < 1.29 is 32.7 Å². The number of carbonyl (C=O) groups excluding carboxylic acids is 2. The number of hydrogen-bond donors (Lipinski definition) is 1. The average Bonchev–Trinajstić information content (AvgIpc) is 3.39. The Labute approximate surface area is 179 Å². The second-order valence-corrected chi connectivity index (χ2v) is 8.25. The van der Waals surface area contributed by atoms with Crippen molar-refractivity contribution in [3.8, 4) is 0 Å². The molecule has 2 aliphatic rings. The number of fused-ring (bicyclic) bond motifs is 1. The standard InChI is InChI=1S/C17H18N4O2S.C2HF3O2/c1-11-19-14(10-24-11)8-20-6-13-7-21(9-15(13)17(20)23)16(22)12-2-4-18-5-3-12;3-2(4,5)1(6)7/h2-5,10,13,15H,6-9H2,1H3;(H,6,7)/t13-,15+;/m1./s1. The molecule has 2 atom stereocenters. The van der Waals surface area contributed by atoms with Crippen molar-refractivity contribution in [2.24, 2.45) is 11.8 Å². The molecule has 0 bridgehead atoms. The minimum Gasteiger partial charge on any atom is -0.475 e. The molecule has 1 N–H and O–H groups in total. The van der Waals surface area contributed by atoms with Crippen LogP contribution in [0.25, 0.3) is 0 Å². The van der Waals surface area contributed by atoms with E-state index in [4.69, 9.17) is 9.90 Å². The van der Waals surface area contributed by atoms with Crippen molar-refractivity contribution in [3.63, 3.8) is 0 Å². The Morgan fingerprint density at radius 2 is 1.87 bits per heavy atom. The predicted octanol–water partition coefficient (Wildman–Crippen LogP) is 2.21. The Kier molecular flexibility index (Phi) is 6.58. The van der Waals surface area contributed by atoms with Gasteiger partial charge >= 0.3 is 12.1 Å². The summed E-state index contributed by atoms with van der Waals surface area (Å²) in [5.74, 6) is -2.47. The number of aliphatic carboxylic acids is 1. The van der Waals surface area contributed by atoms with Crippen LogP contribution in [0.3, 0.4) is 0 Å². The van der Waals surface area contributed by atoms with Crippen LogP contribution in [0.1, 0.15) is 21.1 Å². The fraction of sp³-hybridized carbons (Fsp3) is 0.421. The second kappa shape index (κ2) is 9.00. The van der Waals surface area contributed by atoms with E-state index in [2.05, 4.69) is 9.97 Å². The number of carboxylic acids is 1. The summed E-state index contributed by atoms with van der Waals surface area (Å²) in [7, 11) is 0. The summed E-state index contributed by atoms with van der Waals surface area (Å²) in [5, 5.41) is 10.2. The van der Waals surface area contributed by atoms with Gasteiger partial charge in [-0.3, -0.25) is 14.6 Å². The first-order valence-corrected chi connectivity index (χ1v) is 10.1. The number of hydrogen-bond acceptors (Lipinski definition) is 6. The van der Waals surface area contributed by atoms with Gasteiger partial charge in [0.25, 0.3) is 5.91 Å². The second-order valence-electron chi connectivity index (χ2n) is 7.19. The van der Waals surface area contributed by atoms with Gasteiger partial charge in [-0.05, 0) is 19.1 Å². The van der Waals surface area contributed by atoms with Crippen LogP contribution < -0.4 is 0 Å². The lowest BCUT2D eigenvalue weighted by atomic mass is 10.0. The fourth-order valence-electron chi connectivity index (χ4n) is 3.61. The molecule has 0 spiro atoms. The molecule has 0 aliphatic carbocycles. The van der Waals surface area contributed by atoms with E-state index in [0.717, 1.165) is 10.7 Å². The zero-order valence-electron chi connectivity index (χ0n) is 16.4. The van der Waals surface area contributed by atoms with Gasteiger partial charge in [-0.15, -0.1) is 11.3 Å². The highest BCUT2D eigenvalue weighted by atomic mass is 32.1. The van der Waals surface area contributed by atoms with Gasteiger partial charge in [0, 0.05) is 48.9 Å². The van der Waals surface area contributed by atoms with Gasteiger partial charge in [-0.1, -0.05) is 0 Å². The molecule has 2 amide bonds. The number of rotatable bonds is 3. The molecule has 2 aromatic rings. The molecule has 4 heterocycles. The smallest absolute Gasteiger partial charge is 0.475 e. The fourth-order valence-corrected chi connectivity index (χ4v) is 4.21. The topological polar surface area (TPSA) is 104 Å². The van der Waals surface area contributed by atoms with Crippen LogP contribution in [0, 0.1) is 18.8 Å². The summed E-state index contributed by atoms with van der Waals surface area (Å²) in [6, 6.07) is 3.43. The quantitative estimate of drug-likeness (QED) is 0.760. The number of aryl methyl sites for hydroxylation is 1. The van der Waals surface area contributed by atoms with Gasteiger partial charge in [0.2, 0.25) is 5.91 Å². The number of nitrogens with zero attached hydrogens (tertiary/aromatic N) is 4. The first-order chi connectivity index (χ1) is 14.6. The number of amides is 2. The van der Waals surface area contributed by atoms with E-state index in [1.807, 2.05) is 17.2 Å².